The molecule has 0 unspecified atom stereocenters. The van der Waals surface area contributed by atoms with E-state index in [0.29, 0.717) is 22.6 Å². The molecule has 0 bridgehead atoms. The number of esters is 1. The van der Waals surface area contributed by atoms with E-state index in [1.54, 1.807) is 35.8 Å². The predicted octanol–water partition coefficient (Wildman–Crippen LogP) is 3.10. The molecule has 11 heteroatoms. The minimum atomic E-state index is -0.938. The van der Waals surface area contributed by atoms with Gasteiger partial charge in [0.25, 0.3) is 11.5 Å². The Morgan fingerprint density at radius 2 is 1.94 bits per heavy atom. The average molecular weight is 487 g/mol. The van der Waals surface area contributed by atoms with Crippen molar-refractivity contribution < 1.29 is 23.5 Å². The van der Waals surface area contributed by atoms with Crippen LogP contribution in [0.25, 0.3) is 10.9 Å². The van der Waals surface area contributed by atoms with E-state index >= 15 is 0 Å². The first-order valence-corrected chi connectivity index (χ1v) is 11.8. The van der Waals surface area contributed by atoms with Crippen LogP contribution < -0.4 is 16.6 Å². The number of anilines is 1. The molecule has 3 N–H and O–H groups in total. The van der Waals surface area contributed by atoms with Gasteiger partial charge in [-0.3, -0.25) is 24.3 Å². The molecule has 3 aromatic rings. The zero-order valence-electron chi connectivity index (χ0n) is 19.2. The zero-order chi connectivity index (χ0) is 24.8. The van der Waals surface area contributed by atoms with Crippen molar-refractivity contribution in [3.63, 3.8) is 0 Å². The van der Waals surface area contributed by atoms with Crippen LogP contribution >= 0.6 is 11.8 Å². The molecule has 10 nitrogen and oxygen atoms in total. The number of aromatic nitrogens is 2. The van der Waals surface area contributed by atoms with Crippen molar-refractivity contribution in [2.24, 2.45) is 5.73 Å². The maximum atomic E-state index is 13.0. The molecule has 0 saturated carbocycles. The third kappa shape index (κ3) is 5.30. The highest BCUT2D eigenvalue weighted by atomic mass is 32.2. The summed E-state index contributed by atoms with van der Waals surface area (Å²) in [5, 5.41) is 3.40. The van der Waals surface area contributed by atoms with Crippen LogP contribution in [0.5, 0.6) is 0 Å². The SMILES string of the molecule is CCCCn1c(SCC(=O)Nc2oc(C)c(C(=O)OCC)c2C(N)=O)nc2ccccc2c1=O. The molecule has 1 aromatic carbocycles. The number of carbonyl (C=O) groups is 3. The Hall–Kier alpha value is -3.60. The van der Waals surface area contributed by atoms with Crippen LogP contribution in [0, 0.1) is 6.92 Å². The van der Waals surface area contributed by atoms with Crippen LogP contribution in [0.15, 0.2) is 38.6 Å². The Kier molecular flexibility index (Phi) is 8.11. The molecule has 0 aliphatic rings. The van der Waals surface area contributed by atoms with Gasteiger partial charge in [-0.15, -0.1) is 0 Å². The van der Waals surface area contributed by atoms with Gasteiger partial charge in [-0.05, 0) is 32.4 Å². The number of unbranched alkanes of at least 4 members (excludes halogenated alkanes) is 1. The summed E-state index contributed by atoms with van der Waals surface area (Å²) in [7, 11) is 0. The molecule has 0 atom stereocenters. The monoisotopic (exact) mass is 486 g/mol. The number of hydrogen-bond donors (Lipinski definition) is 2. The van der Waals surface area contributed by atoms with Crippen LogP contribution in [0.1, 0.15) is 53.2 Å². The first kappa shape index (κ1) is 25.0. The van der Waals surface area contributed by atoms with Gasteiger partial charge in [-0.2, -0.15) is 0 Å². The molecule has 180 valence electrons. The Labute approximate surface area is 199 Å². The predicted molar refractivity (Wildman–Crippen MR) is 128 cm³/mol. The molecular weight excluding hydrogens is 460 g/mol. The lowest BCUT2D eigenvalue weighted by Crippen LogP contribution is -2.24. The maximum absolute atomic E-state index is 13.0. The van der Waals surface area contributed by atoms with Gasteiger partial charge in [0.1, 0.15) is 16.9 Å². The largest absolute Gasteiger partial charge is 0.462 e. The second-order valence-electron chi connectivity index (χ2n) is 7.38. The summed E-state index contributed by atoms with van der Waals surface area (Å²) in [6, 6.07) is 7.03. The van der Waals surface area contributed by atoms with Crippen molar-refractivity contribution in [1.29, 1.82) is 0 Å². The van der Waals surface area contributed by atoms with Crippen LogP contribution in [0.4, 0.5) is 5.88 Å². The molecular formula is C23H26N4O6S. The number of nitrogens with one attached hydrogen (secondary N) is 1. The summed E-state index contributed by atoms with van der Waals surface area (Å²) in [6.45, 7) is 5.68. The average Bonchev–Trinajstić information content (AvgIpc) is 3.13. The third-order valence-electron chi connectivity index (χ3n) is 4.96. The number of furan rings is 1. The Balaban J connectivity index is 1.84. The smallest absolute Gasteiger partial charge is 0.342 e. The van der Waals surface area contributed by atoms with Crippen molar-refractivity contribution >= 4 is 46.3 Å². The van der Waals surface area contributed by atoms with Crippen molar-refractivity contribution in [3.05, 3.63) is 51.5 Å². The van der Waals surface area contributed by atoms with Gasteiger partial charge in [0.15, 0.2) is 5.16 Å². The fourth-order valence-electron chi connectivity index (χ4n) is 3.38. The number of rotatable bonds is 10. The summed E-state index contributed by atoms with van der Waals surface area (Å²) in [5.74, 6) is -2.49. The third-order valence-corrected chi connectivity index (χ3v) is 5.93. The van der Waals surface area contributed by atoms with E-state index in [4.69, 9.17) is 14.9 Å². The summed E-state index contributed by atoms with van der Waals surface area (Å²) in [6.07, 6.45) is 1.67. The van der Waals surface area contributed by atoms with Crippen LogP contribution in [-0.2, 0) is 16.1 Å². The minimum absolute atomic E-state index is 0.0957. The second kappa shape index (κ2) is 11.0. The number of thioether (sulfide) groups is 1. The number of para-hydroxylation sites is 1. The standard InChI is InChI=1S/C23H26N4O6S/c1-4-6-11-27-21(30)14-9-7-8-10-15(14)25-23(27)34-12-16(28)26-20-18(19(24)29)17(13(3)33-20)22(31)32-5-2/h7-10H,4-6,11-12H2,1-3H3,(H2,24,29)(H,26,28). The van der Waals surface area contributed by atoms with E-state index in [1.807, 2.05) is 6.92 Å². The van der Waals surface area contributed by atoms with E-state index in [0.717, 1.165) is 24.6 Å². The summed E-state index contributed by atoms with van der Waals surface area (Å²) in [5.41, 5.74) is 5.43. The second-order valence-corrected chi connectivity index (χ2v) is 8.32. The molecule has 0 fully saturated rings. The van der Waals surface area contributed by atoms with Crippen molar-refractivity contribution in [2.45, 2.75) is 45.3 Å². The molecule has 0 spiro atoms. The van der Waals surface area contributed by atoms with Crippen LogP contribution in [0.3, 0.4) is 0 Å². The van der Waals surface area contributed by atoms with Crippen LogP contribution in [-0.4, -0.2) is 39.7 Å². The number of carbonyl (C=O) groups excluding carboxylic acids is 3. The highest BCUT2D eigenvalue weighted by molar-refractivity contribution is 7.99. The number of nitrogens with zero attached hydrogens (tertiary/aromatic N) is 2. The number of fused-ring (bicyclic) bond motifs is 1. The van der Waals surface area contributed by atoms with Gasteiger partial charge in [-0.1, -0.05) is 37.2 Å². The normalized spacial score (nSPS) is 10.9. The molecule has 0 aliphatic heterocycles. The van der Waals surface area contributed by atoms with E-state index in [1.165, 1.54) is 6.92 Å². The number of aryl methyl sites for hydroxylation is 1. The highest BCUT2D eigenvalue weighted by Gasteiger charge is 2.29. The molecule has 2 amide bonds. The number of ether oxygens (including phenoxy) is 1. The molecule has 2 heterocycles. The molecule has 0 saturated heterocycles. The van der Waals surface area contributed by atoms with E-state index in [-0.39, 0.29) is 40.7 Å². The molecule has 2 aromatic heterocycles. The lowest BCUT2D eigenvalue weighted by atomic mass is 10.1. The van der Waals surface area contributed by atoms with Crippen LogP contribution in [0.2, 0.25) is 0 Å². The highest BCUT2D eigenvalue weighted by Crippen LogP contribution is 2.28. The van der Waals surface area contributed by atoms with Gasteiger partial charge < -0.3 is 14.9 Å². The lowest BCUT2D eigenvalue weighted by molar-refractivity contribution is -0.113. The van der Waals surface area contributed by atoms with E-state index < -0.39 is 17.8 Å². The van der Waals surface area contributed by atoms with Gasteiger partial charge in [0, 0.05) is 6.54 Å². The zero-order valence-corrected chi connectivity index (χ0v) is 20.0. The summed E-state index contributed by atoms with van der Waals surface area (Å²) < 4.78 is 12.0. The topological polar surface area (TPSA) is 147 Å². The summed E-state index contributed by atoms with van der Waals surface area (Å²) in [4.78, 5) is 54.4. The minimum Gasteiger partial charge on any atom is -0.462 e. The van der Waals surface area contributed by atoms with Gasteiger partial charge in [0.05, 0.1) is 23.3 Å². The molecule has 0 radical (unpaired) electrons. The Bertz CT molecular complexity index is 1300. The maximum Gasteiger partial charge on any atom is 0.342 e. The first-order chi connectivity index (χ1) is 16.3. The number of primary amides is 1. The fourth-order valence-corrected chi connectivity index (χ4v) is 4.21. The van der Waals surface area contributed by atoms with E-state index in [9.17, 15) is 19.2 Å². The molecule has 0 aliphatic carbocycles. The Morgan fingerprint density at radius 3 is 2.62 bits per heavy atom. The lowest BCUT2D eigenvalue weighted by Gasteiger charge is -2.12. The van der Waals surface area contributed by atoms with E-state index in [2.05, 4.69) is 10.3 Å². The molecule has 34 heavy (non-hydrogen) atoms. The van der Waals surface area contributed by atoms with Crippen molar-refractivity contribution in [2.75, 3.05) is 17.7 Å². The van der Waals surface area contributed by atoms with Gasteiger partial charge in [-0.25, -0.2) is 9.78 Å². The number of benzene rings is 1. The Morgan fingerprint density at radius 1 is 1.21 bits per heavy atom. The van der Waals surface area contributed by atoms with Gasteiger partial charge >= 0.3 is 5.97 Å². The quantitative estimate of drug-likeness (QED) is 0.252. The van der Waals surface area contributed by atoms with Gasteiger partial charge in [0.2, 0.25) is 11.8 Å². The molecule has 3 rings (SSSR count). The number of hydrogen-bond acceptors (Lipinski definition) is 8. The van der Waals surface area contributed by atoms with Crippen molar-refractivity contribution in [3.8, 4) is 0 Å². The number of nitrogens with two attached hydrogens (primary N) is 1. The summed E-state index contributed by atoms with van der Waals surface area (Å²) >= 11 is 1.08. The van der Waals surface area contributed by atoms with Crippen molar-refractivity contribution in [1.82, 2.24) is 9.55 Å². The number of amides is 2. The fraction of sp³-hybridized carbons (Fsp3) is 0.348. The first-order valence-electron chi connectivity index (χ1n) is 10.8.